The fourth-order valence-electron chi connectivity index (χ4n) is 2.80. The Bertz CT molecular complexity index is 855. The summed E-state index contributed by atoms with van der Waals surface area (Å²) >= 11 is 0. The quantitative estimate of drug-likeness (QED) is 0.644. The third-order valence-corrected chi connectivity index (χ3v) is 4.13. The van der Waals surface area contributed by atoms with Crippen LogP contribution in [-0.4, -0.2) is 52.6 Å². The molecule has 0 saturated heterocycles. The molecule has 0 fully saturated rings. The Morgan fingerprint density at radius 2 is 2.08 bits per heavy atom. The number of nitrogens with one attached hydrogen (secondary N) is 2. The number of aliphatic hydroxyl groups excluding tert-OH is 1. The zero-order chi connectivity index (χ0) is 17.8. The molecule has 6 nitrogen and oxygen atoms in total. The molecular formula is C19H22N4O2. The first-order valence-corrected chi connectivity index (χ1v) is 8.18. The molecular weight excluding hydrogens is 316 g/mol. The molecule has 0 aliphatic rings. The van der Waals surface area contributed by atoms with Gasteiger partial charge in [-0.05, 0) is 30.2 Å². The average molecular weight is 338 g/mol. The van der Waals surface area contributed by atoms with Crippen LogP contribution in [0.25, 0.3) is 10.9 Å². The molecule has 3 rings (SSSR count). The highest BCUT2D eigenvalue weighted by Gasteiger charge is 2.13. The number of H-pyrrole nitrogens is 1. The van der Waals surface area contributed by atoms with Crippen molar-refractivity contribution in [1.82, 2.24) is 14.9 Å². The number of hydrogen-bond acceptors (Lipinski definition) is 4. The minimum absolute atomic E-state index is 0.0143. The number of anilines is 1. The Hall–Kier alpha value is -2.86. The van der Waals surface area contributed by atoms with Crippen LogP contribution in [0.15, 0.2) is 48.8 Å². The predicted octanol–water partition coefficient (Wildman–Crippen LogP) is 2.28. The number of aromatic nitrogens is 2. The summed E-state index contributed by atoms with van der Waals surface area (Å²) in [5.41, 5.74) is 2.76. The first kappa shape index (κ1) is 17.0. The second-order valence-corrected chi connectivity index (χ2v) is 6.22. The summed E-state index contributed by atoms with van der Waals surface area (Å²) in [5.74, 6) is 0.547. The summed E-state index contributed by atoms with van der Waals surface area (Å²) < 4.78 is 0. The van der Waals surface area contributed by atoms with Gasteiger partial charge in [0.2, 0.25) is 0 Å². The maximum Gasteiger partial charge on any atom is 0.254 e. The molecule has 0 radical (unpaired) electrons. The van der Waals surface area contributed by atoms with Gasteiger partial charge in [-0.2, -0.15) is 0 Å². The maximum absolute atomic E-state index is 11.9. The molecule has 1 atom stereocenters. The minimum Gasteiger partial charge on any atom is -0.394 e. The van der Waals surface area contributed by atoms with Crippen LogP contribution < -0.4 is 5.32 Å². The molecule has 130 valence electrons. The van der Waals surface area contributed by atoms with Gasteiger partial charge in [0.05, 0.1) is 18.2 Å². The van der Waals surface area contributed by atoms with E-state index in [2.05, 4.69) is 21.4 Å². The normalized spacial score (nSPS) is 12.1. The first-order chi connectivity index (χ1) is 12.1. The van der Waals surface area contributed by atoms with E-state index in [0.29, 0.717) is 17.8 Å². The van der Waals surface area contributed by atoms with Gasteiger partial charge in [0, 0.05) is 37.4 Å². The highest BCUT2D eigenvalue weighted by Crippen LogP contribution is 2.20. The zero-order valence-electron chi connectivity index (χ0n) is 14.4. The average Bonchev–Trinajstić information content (AvgIpc) is 3.04. The molecule has 2 aromatic heterocycles. The van der Waals surface area contributed by atoms with Crippen LogP contribution in [0, 0.1) is 0 Å². The van der Waals surface area contributed by atoms with Crippen molar-refractivity contribution in [1.29, 1.82) is 0 Å². The standard InChI is InChI=1S/C19H22N4O2/c1-23(2)19(25)13-7-8-18(21-10-13)22-15(12-24)9-14-11-20-17-6-4-3-5-16(14)17/h3-8,10-11,15,20,24H,9,12H2,1-2H3,(H,21,22)/t15-/m1/s1. The van der Waals surface area contributed by atoms with E-state index in [9.17, 15) is 9.90 Å². The second-order valence-electron chi connectivity index (χ2n) is 6.22. The van der Waals surface area contributed by atoms with Crippen LogP contribution in [0.3, 0.4) is 0 Å². The van der Waals surface area contributed by atoms with E-state index < -0.39 is 0 Å². The molecule has 0 aliphatic carbocycles. The fourth-order valence-corrected chi connectivity index (χ4v) is 2.80. The number of aliphatic hydroxyl groups is 1. The van der Waals surface area contributed by atoms with Gasteiger partial charge in [0.15, 0.2) is 0 Å². The largest absolute Gasteiger partial charge is 0.394 e. The molecule has 0 unspecified atom stereocenters. The van der Waals surface area contributed by atoms with Gasteiger partial charge in [-0.15, -0.1) is 0 Å². The lowest BCUT2D eigenvalue weighted by Gasteiger charge is -2.17. The van der Waals surface area contributed by atoms with E-state index in [1.54, 1.807) is 32.4 Å². The zero-order valence-corrected chi connectivity index (χ0v) is 14.4. The Balaban J connectivity index is 1.71. The number of carbonyl (C=O) groups is 1. The maximum atomic E-state index is 11.9. The summed E-state index contributed by atoms with van der Waals surface area (Å²) in [5, 5.41) is 14.1. The number of amides is 1. The van der Waals surface area contributed by atoms with Crippen molar-refractivity contribution in [2.24, 2.45) is 0 Å². The van der Waals surface area contributed by atoms with Crippen molar-refractivity contribution in [3.8, 4) is 0 Å². The highest BCUT2D eigenvalue weighted by molar-refractivity contribution is 5.93. The van der Waals surface area contributed by atoms with Crippen molar-refractivity contribution in [2.75, 3.05) is 26.0 Å². The van der Waals surface area contributed by atoms with Gasteiger partial charge < -0.3 is 20.3 Å². The van der Waals surface area contributed by atoms with E-state index in [1.165, 1.54) is 4.90 Å². The summed E-state index contributed by atoms with van der Waals surface area (Å²) in [6.45, 7) is -0.0143. The second kappa shape index (κ2) is 7.36. The molecule has 0 saturated carbocycles. The molecule has 1 aromatic carbocycles. The molecule has 1 amide bonds. The van der Waals surface area contributed by atoms with Crippen molar-refractivity contribution in [2.45, 2.75) is 12.5 Å². The Kier molecular flexibility index (Phi) is 5.00. The summed E-state index contributed by atoms with van der Waals surface area (Å²) in [4.78, 5) is 20.9. The van der Waals surface area contributed by atoms with Gasteiger partial charge in [-0.25, -0.2) is 4.98 Å². The molecule has 25 heavy (non-hydrogen) atoms. The minimum atomic E-state index is -0.165. The number of carbonyl (C=O) groups excluding carboxylic acids is 1. The molecule has 6 heteroatoms. The lowest BCUT2D eigenvalue weighted by Crippen LogP contribution is -2.27. The van der Waals surface area contributed by atoms with Crippen LogP contribution in [0.4, 0.5) is 5.82 Å². The number of benzene rings is 1. The van der Waals surface area contributed by atoms with Crippen LogP contribution >= 0.6 is 0 Å². The molecule has 0 bridgehead atoms. The predicted molar refractivity (Wildman–Crippen MR) is 98.8 cm³/mol. The van der Waals surface area contributed by atoms with Gasteiger partial charge in [-0.3, -0.25) is 4.79 Å². The molecule has 3 N–H and O–H groups in total. The third-order valence-electron chi connectivity index (χ3n) is 4.13. The van der Waals surface area contributed by atoms with Gasteiger partial charge >= 0.3 is 0 Å². The van der Waals surface area contributed by atoms with Crippen molar-refractivity contribution < 1.29 is 9.90 Å². The smallest absolute Gasteiger partial charge is 0.254 e. The lowest BCUT2D eigenvalue weighted by molar-refractivity contribution is 0.0827. The third kappa shape index (κ3) is 3.80. The monoisotopic (exact) mass is 338 g/mol. The van der Waals surface area contributed by atoms with Crippen LogP contribution in [0.2, 0.25) is 0 Å². The van der Waals surface area contributed by atoms with E-state index in [1.807, 2.05) is 24.4 Å². The number of rotatable bonds is 6. The summed E-state index contributed by atoms with van der Waals surface area (Å²) in [6.07, 6.45) is 4.19. The summed E-state index contributed by atoms with van der Waals surface area (Å²) in [6, 6.07) is 11.4. The fraction of sp³-hybridized carbons (Fsp3) is 0.263. The number of hydrogen-bond donors (Lipinski definition) is 3. The van der Waals surface area contributed by atoms with Crippen LogP contribution in [0.5, 0.6) is 0 Å². The number of fused-ring (bicyclic) bond motifs is 1. The number of nitrogens with zero attached hydrogens (tertiary/aromatic N) is 2. The van der Waals surface area contributed by atoms with Crippen molar-refractivity contribution in [3.63, 3.8) is 0 Å². The van der Waals surface area contributed by atoms with E-state index >= 15 is 0 Å². The van der Waals surface area contributed by atoms with Crippen LogP contribution in [0.1, 0.15) is 15.9 Å². The summed E-state index contributed by atoms with van der Waals surface area (Å²) in [7, 11) is 3.41. The Morgan fingerprint density at radius 3 is 2.76 bits per heavy atom. The molecule has 3 aromatic rings. The van der Waals surface area contributed by atoms with E-state index in [4.69, 9.17) is 0 Å². The SMILES string of the molecule is CN(C)C(=O)c1ccc(N[C@@H](CO)Cc2c[nH]c3ccccc23)nc1. The first-order valence-electron chi connectivity index (χ1n) is 8.18. The number of pyridine rings is 1. The Labute approximate surface area is 146 Å². The molecule has 2 heterocycles. The Morgan fingerprint density at radius 1 is 1.28 bits per heavy atom. The molecule has 0 spiro atoms. The van der Waals surface area contributed by atoms with Crippen LogP contribution in [-0.2, 0) is 6.42 Å². The van der Waals surface area contributed by atoms with Gasteiger partial charge in [0.25, 0.3) is 5.91 Å². The van der Waals surface area contributed by atoms with Gasteiger partial charge in [-0.1, -0.05) is 18.2 Å². The number of aromatic amines is 1. The lowest BCUT2D eigenvalue weighted by atomic mass is 10.1. The van der Waals surface area contributed by atoms with E-state index in [0.717, 1.165) is 16.5 Å². The highest BCUT2D eigenvalue weighted by atomic mass is 16.3. The molecule has 0 aliphatic heterocycles. The van der Waals surface area contributed by atoms with Crippen molar-refractivity contribution >= 4 is 22.6 Å². The topological polar surface area (TPSA) is 81.3 Å². The number of para-hydroxylation sites is 1. The van der Waals surface area contributed by atoms with E-state index in [-0.39, 0.29) is 18.6 Å². The van der Waals surface area contributed by atoms with Gasteiger partial charge in [0.1, 0.15) is 5.82 Å². The van der Waals surface area contributed by atoms with Crippen molar-refractivity contribution in [3.05, 3.63) is 59.9 Å².